The van der Waals surface area contributed by atoms with Gasteiger partial charge in [-0.1, -0.05) is 53.0 Å². The summed E-state index contributed by atoms with van der Waals surface area (Å²) < 4.78 is 0.962. The van der Waals surface area contributed by atoms with E-state index < -0.39 is 0 Å². The summed E-state index contributed by atoms with van der Waals surface area (Å²) in [6.07, 6.45) is 0. The quantitative estimate of drug-likeness (QED) is 0.733. The van der Waals surface area contributed by atoms with E-state index >= 15 is 0 Å². The second-order valence-electron chi connectivity index (χ2n) is 4.53. The van der Waals surface area contributed by atoms with E-state index in [2.05, 4.69) is 36.5 Å². The molecule has 0 radical (unpaired) electrons. The van der Waals surface area contributed by atoms with Crippen molar-refractivity contribution in [3.05, 3.63) is 55.7 Å². The maximum atomic E-state index is 11.9. The van der Waals surface area contributed by atoms with Gasteiger partial charge in [0.1, 0.15) is 4.34 Å². The Morgan fingerprint density at radius 2 is 2.00 bits per heavy atom. The van der Waals surface area contributed by atoms with Crippen molar-refractivity contribution in [1.82, 2.24) is 5.32 Å². The number of nitrogens with one attached hydrogen (secondary N) is 1. The molecule has 0 fully saturated rings. The average Bonchev–Trinajstić information content (AvgIpc) is 2.79. The standard InChI is InChI=1S/C15H15Cl2NOS2/c1-10-2-4-11(5-3-10)9-20-7-6-18-15(19)12-8-13(16)21-14(12)17/h2-5,8H,6-7,9H2,1H3,(H,18,19). The van der Waals surface area contributed by atoms with Crippen LogP contribution in [0.1, 0.15) is 21.5 Å². The van der Waals surface area contributed by atoms with Crippen molar-refractivity contribution in [2.75, 3.05) is 12.3 Å². The first-order valence-corrected chi connectivity index (χ1v) is 9.15. The predicted molar refractivity (Wildman–Crippen MR) is 94.0 cm³/mol. The van der Waals surface area contributed by atoms with E-state index in [-0.39, 0.29) is 5.91 Å². The summed E-state index contributed by atoms with van der Waals surface area (Å²) in [5.74, 6) is 1.63. The molecule has 1 aromatic carbocycles. The first-order chi connectivity index (χ1) is 10.1. The van der Waals surface area contributed by atoms with Crippen LogP contribution in [0.15, 0.2) is 30.3 Å². The molecule has 1 N–H and O–H groups in total. The number of carbonyl (C=O) groups is 1. The second kappa shape index (κ2) is 8.08. The first-order valence-electron chi connectivity index (χ1n) is 6.42. The van der Waals surface area contributed by atoms with Gasteiger partial charge >= 0.3 is 0 Å². The number of thioether (sulfide) groups is 1. The summed E-state index contributed by atoms with van der Waals surface area (Å²) in [7, 11) is 0. The summed E-state index contributed by atoms with van der Waals surface area (Å²) in [6, 6.07) is 10.1. The molecule has 1 aromatic heterocycles. The third-order valence-corrected chi connectivity index (χ3v) is 5.34. The molecule has 21 heavy (non-hydrogen) atoms. The first kappa shape index (κ1) is 16.7. The lowest BCUT2D eigenvalue weighted by Gasteiger charge is -2.05. The number of hydrogen-bond acceptors (Lipinski definition) is 3. The highest BCUT2D eigenvalue weighted by molar-refractivity contribution is 7.98. The van der Waals surface area contributed by atoms with Gasteiger partial charge in [-0.25, -0.2) is 0 Å². The molecule has 0 aliphatic rings. The van der Waals surface area contributed by atoms with Gasteiger partial charge in [0.25, 0.3) is 5.91 Å². The number of carbonyl (C=O) groups excluding carboxylic acids is 1. The zero-order valence-corrected chi connectivity index (χ0v) is 14.6. The minimum Gasteiger partial charge on any atom is -0.351 e. The van der Waals surface area contributed by atoms with Crippen LogP contribution in [0.2, 0.25) is 8.67 Å². The third kappa shape index (κ3) is 5.22. The lowest BCUT2D eigenvalue weighted by atomic mass is 10.2. The number of aryl methyl sites for hydroxylation is 1. The fourth-order valence-electron chi connectivity index (χ4n) is 1.70. The molecule has 6 heteroatoms. The van der Waals surface area contributed by atoms with Crippen molar-refractivity contribution in [3.8, 4) is 0 Å². The van der Waals surface area contributed by atoms with E-state index in [4.69, 9.17) is 23.2 Å². The summed E-state index contributed by atoms with van der Waals surface area (Å²) >= 11 is 14.8. The minimum absolute atomic E-state index is 0.168. The highest BCUT2D eigenvalue weighted by atomic mass is 35.5. The Hall–Kier alpha value is -0.680. The number of halogens is 2. The number of hydrogen-bond donors (Lipinski definition) is 1. The van der Waals surface area contributed by atoms with Crippen molar-refractivity contribution in [1.29, 1.82) is 0 Å². The van der Waals surface area contributed by atoms with Crippen molar-refractivity contribution >= 4 is 52.2 Å². The maximum Gasteiger partial charge on any atom is 0.253 e. The summed E-state index contributed by atoms with van der Waals surface area (Å²) in [4.78, 5) is 11.9. The van der Waals surface area contributed by atoms with Crippen LogP contribution in [0.25, 0.3) is 0 Å². The molecule has 0 atom stereocenters. The molecule has 0 saturated carbocycles. The van der Waals surface area contributed by atoms with E-state index in [0.717, 1.165) is 11.5 Å². The molecule has 0 aliphatic carbocycles. The second-order valence-corrected chi connectivity index (χ2v) is 7.92. The van der Waals surface area contributed by atoms with Gasteiger partial charge in [0.2, 0.25) is 0 Å². The summed E-state index contributed by atoms with van der Waals surface area (Å²) in [5, 5.41) is 2.85. The third-order valence-electron chi connectivity index (χ3n) is 2.82. The fraction of sp³-hybridized carbons (Fsp3) is 0.267. The molecule has 0 bridgehead atoms. The summed E-state index contributed by atoms with van der Waals surface area (Å²) in [5.41, 5.74) is 3.02. The zero-order chi connectivity index (χ0) is 15.2. The zero-order valence-electron chi connectivity index (χ0n) is 11.5. The number of benzene rings is 1. The van der Waals surface area contributed by atoms with Gasteiger partial charge < -0.3 is 5.32 Å². The van der Waals surface area contributed by atoms with Gasteiger partial charge in [0.15, 0.2) is 0 Å². The SMILES string of the molecule is Cc1ccc(CSCCNC(=O)c2cc(Cl)sc2Cl)cc1. The molecular formula is C15H15Cl2NOS2. The topological polar surface area (TPSA) is 29.1 Å². The lowest BCUT2D eigenvalue weighted by Crippen LogP contribution is -2.25. The van der Waals surface area contributed by atoms with Crippen molar-refractivity contribution in [2.45, 2.75) is 12.7 Å². The van der Waals surface area contributed by atoms with Gasteiger partial charge in [-0.05, 0) is 18.6 Å². The van der Waals surface area contributed by atoms with E-state index in [1.807, 2.05) is 0 Å². The molecule has 2 aromatic rings. The minimum atomic E-state index is -0.168. The van der Waals surface area contributed by atoms with Crippen LogP contribution in [-0.4, -0.2) is 18.2 Å². The maximum absolute atomic E-state index is 11.9. The Balaban J connectivity index is 1.69. The van der Waals surface area contributed by atoms with Crippen LogP contribution in [0.5, 0.6) is 0 Å². The van der Waals surface area contributed by atoms with Crippen LogP contribution in [-0.2, 0) is 5.75 Å². The Labute approximate surface area is 142 Å². The smallest absolute Gasteiger partial charge is 0.253 e. The van der Waals surface area contributed by atoms with Crippen molar-refractivity contribution < 1.29 is 4.79 Å². The van der Waals surface area contributed by atoms with Gasteiger partial charge in [0, 0.05) is 18.1 Å². The van der Waals surface area contributed by atoms with Gasteiger partial charge in [-0.3, -0.25) is 4.79 Å². The Morgan fingerprint density at radius 3 is 2.62 bits per heavy atom. The van der Waals surface area contributed by atoms with Crippen molar-refractivity contribution in [3.63, 3.8) is 0 Å². The molecular weight excluding hydrogens is 345 g/mol. The predicted octanol–water partition coefficient (Wildman–Crippen LogP) is 5.03. The van der Waals surface area contributed by atoms with Crippen LogP contribution < -0.4 is 5.32 Å². The van der Waals surface area contributed by atoms with Gasteiger partial charge in [-0.2, -0.15) is 11.8 Å². The Morgan fingerprint density at radius 1 is 1.29 bits per heavy atom. The molecule has 0 saturated heterocycles. The molecule has 112 valence electrons. The molecule has 2 nitrogen and oxygen atoms in total. The van der Waals surface area contributed by atoms with Crippen LogP contribution in [0, 0.1) is 6.92 Å². The Kier molecular flexibility index (Phi) is 6.42. The Bertz CT molecular complexity index is 611. The molecule has 0 unspecified atom stereocenters. The highest BCUT2D eigenvalue weighted by Crippen LogP contribution is 2.30. The largest absolute Gasteiger partial charge is 0.351 e. The van der Waals surface area contributed by atoms with Crippen LogP contribution in [0.4, 0.5) is 0 Å². The van der Waals surface area contributed by atoms with E-state index in [1.54, 1.807) is 17.8 Å². The number of rotatable bonds is 6. The molecule has 0 aliphatic heterocycles. The molecule has 2 rings (SSSR count). The van der Waals surface area contributed by atoms with E-state index in [1.165, 1.54) is 22.5 Å². The van der Waals surface area contributed by atoms with E-state index in [0.29, 0.717) is 20.8 Å². The average molecular weight is 360 g/mol. The highest BCUT2D eigenvalue weighted by Gasteiger charge is 2.13. The number of thiophene rings is 1. The fourth-order valence-corrected chi connectivity index (χ4v) is 3.98. The van der Waals surface area contributed by atoms with Crippen molar-refractivity contribution in [2.24, 2.45) is 0 Å². The van der Waals surface area contributed by atoms with Crippen LogP contribution in [0.3, 0.4) is 0 Å². The normalized spacial score (nSPS) is 10.6. The number of amides is 1. The van der Waals surface area contributed by atoms with Crippen LogP contribution >= 0.6 is 46.3 Å². The van der Waals surface area contributed by atoms with Gasteiger partial charge in [-0.15, -0.1) is 11.3 Å². The summed E-state index contributed by atoms with van der Waals surface area (Å²) in [6.45, 7) is 2.69. The molecule has 0 spiro atoms. The molecule has 1 heterocycles. The molecule has 1 amide bonds. The van der Waals surface area contributed by atoms with Gasteiger partial charge in [0.05, 0.1) is 9.90 Å². The van der Waals surface area contributed by atoms with E-state index in [9.17, 15) is 4.79 Å². The monoisotopic (exact) mass is 359 g/mol. The lowest BCUT2D eigenvalue weighted by molar-refractivity contribution is 0.0957.